The van der Waals surface area contributed by atoms with Gasteiger partial charge in [-0.05, 0) is 26.7 Å². The fraction of sp³-hybridized carbons (Fsp3) is 0.750. The molecule has 1 unspecified atom stereocenters. The van der Waals surface area contributed by atoms with E-state index in [0.717, 1.165) is 18.5 Å². The van der Waals surface area contributed by atoms with Crippen LogP contribution in [-0.4, -0.2) is 28.7 Å². The zero-order chi connectivity index (χ0) is 15.2. The Balaban J connectivity index is 2.17. The minimum Gasteiger partial charge on any atom is -0.468 e. The SMILES string of the molecule is COC(=O)C(NC1CCCCCC1)c1cncn1C(C)C. The molecular weight excluding hydrogens is 266 g/mol. The largest absolute Gasteiger partial charge is 0.468 e. The lowest BCUT2D eigenvalue weighted by Gasteiger charge is -2.25. The summed E-state index contributed by atoms with van der Waals surface area (Å²) in [5, 5.41) is 3.51. The van der Waals surface area contributed by atoms with Crippen molar-refractivity contribution in [2.45, 2.75) is 70.5 Å². The minimum absolute atomic E-state index is 0.235. The van der Waals surface area contributed by atoms with Crippen molar-refractivity contribution in [1.82, 2.24) is 14.9 Å². The molecule has 1 aromatic heterocycles. The number of nitrogens with zero attached hydrogens (tertiary/aromatic N) is 2. The van der Waals surface area contributed by atoms with Crippen molar-refractivity contribution in [3.05, 3.63) is 18.2 Å². The summed E-state index contributed by atoms with van der Waals surface area (Å²) < 4.78 is 7.03. The molecule has 2 rings (SSSR count). The van der Waals surface area contributed by atoms with Gasteiger partial charge in [0.05, 0.1) is 25.3 Å². The third-order valence-electron chi connectivity index (χ3n) is 4.24. The first-order valence-corrected chi connectivity index (χ1v) is 7.99. The number of esters is 1. The maximum absolute atomic E-state index is 12.2. The van der Waals surface area contributed by atoms with E-state index in [4.69, 9.17) is 4.74 Å². The van der Waals surface area contributed by atoms with E-state index in [1.54, 1.807) is 12.5 Å². The highest BCUT2D eigenvalue weighted by Gasteiger charge is 2.28. The molecule has 1 saturated carbocycles. The number of methoxy groups -OCH3 is 1. The molecule has 0 aliphatic heterocycles. The van der Waals surface area contributed by atoms with Gasteiger partial charge in [-0.25, -0.2) is 9.78 Å². The Morgan fingerprint density at radius 2 is 2.00 bits per heavy atom. The van der Waals surface area contributed by atoms with Crippen molar-refractivity contribution >= 4 is 5.97 Å². The summed E-state index contributed by atoms with van der Waals surface area (Å²) in [4.78, 5) is 16.4. The van der Waals surface area contributed by atoms with Gasteiger partial charge >= 0.3 is 5.97 Å². The van der Waals surface area contributed by atoms with Crippen LogP contribution in [0, 0.1) is 0 Å². The van der Waals surface area contributed by atoms with E-state index in [1.165, 1.54) is 32.8 Å². The molecule has 0 aromatic carbocycles. The number of hydrogen-bond acceptors (Lipinski definition) is 4. The lowest BCUT2D eigenvalue weighted by atomic mass is 10.1. The molecule has 1 aliphatic rings. The van der Waals surface area contributed by atoms with E-state index < -0.39 is 6.04 Å². The fourth-order valence-electron chi connectivity index (χ4n) is 3.04. The van der Waals surface area contributed by atoms with Crippen molar-refractivity contribution in [1.29, 1.82) is 0 Å². The van der Waals surface area contributed by atoms with Crippen LogP contribution in [0.3, 0.4) is 0 Å². The Hall–Kier alpha value is -1.36. The van der Waals surface area contributed by atoms with E-state index in [9.17, 15) is 4.79 Å². The molecule has 1 fully saturated rings. The van der Waals surface area contributed by atoms with Crippen molar-refractivity contribution < 1.29 is 9.53 Å². The van der Waals surface area contributed by atoms with Gasteiger partial charge < -0.3 is 9.30 Å². The number of hydrogen-bond donors (Lipinski definition) is 1. The molecule has 0 spiro atoms. The Morgan fingerprint density at radius 1 is 1.33 bits per heavy atom. The van der Waals surface area contributed by atoms with Gasteiger partial charge in [-0.2, -0.15) is 0 Å². The first-order chi connectivity index (χ1) is 10.1. The van der Waals surface area contributed by atoms with Crippen LogP contribution >= 0.6 is 0 Å². The van der Waals surface area contributed by atoms with Gasteiger partial charge in [-0.3, -0.25) is 5.32 Å². The molecule has 0 radical (unpaired) electrons. The molecule has 5 heteroatoms. The van der Waals surface area contributed by atoms with Crippen LogP contribution in [0.2, 0.25) is 0 Å². The summed E-state index contributed by atoms with van der Waals surface area (Å²) >= 11 is 0. The van der Waals surface area contributed by atoms with Crippen LogP contribution in [0.1, 0.15) is 70.2 Å². The summed E-state index contributed by atoms with van der Waals surface area (Å²) in [6.07, 6.45) is 10.9. The molecule has 21 heavy (non-hydrogen) atoms. The van der Waals surface area contributed by atoms with E-state index in [2.05, 4.69) is 24.1 Å². The van der Waals surface area contributed by atoms with E-state index >= 15 is 0 Å². The molecule has 5 nitrogen and oxygen atoms in total. The normalized spacial score (nSPS) is 18.5. The number of carbonyl (C=O) groups is 1. The van der Waals surface area contributed by atoms with E-state index in [0.29, 0.717) is 6.04 Å². The average Bonchev–Trinajstić information content (AvgIpc) is 2.82. The molecule has 1 heterocycles. The van der Waals surface area contributed by atoms with Gasteiger partial charge in [0, 0.05) is 12.1 Å². The maximum Gasteiger partial charge on any atom is 0.329 e. The quantitative estimate of drug-likeness (QED) is 0.670. The molecule has 0 saturated heterocycles. The van der Waals surface area contributed by atoms with Crippen LogP contribution in [0.5, 0.6) is 0 Å². The van der Waals surface area contributed by atoms with Gasteiger partial charge in [0.1, 0.15) is 6.04 Å². The Kier molecular flexibility index (Phi) is 5.79. The summed E-state index contributed by atoms with van der Waals surface area (Å²) in [6, 6.07) is 0.223. The standard InChI is InChI=1S/C16H27N3O2/c1-12(2)19-11-17-10-14(19)15(16(20)21-3)18-13-8-6-4-5-7-9-13/h10-13,15,18H,4-9H2,1-3H3. The number of nitrogens with one attached hydrogen (secondary N) is 1. The van der Waals surface area contributed by atoms with E-state index in [1.807, 2.05) is 4.57 Å². The van der Waals surface area contributed by atoms with Crippen LogP contribution in [0.4, 0.5) is 0 Å². The zero-order valence-electron chi connectivity index (χ0n) is 13.3. The van der Waals surface area contributed by atoms with Crippen LogP contribution in [-0.2, 0) is 9.53 Å². The fourth-order valence-corrected chi connectivity index (χ4v) is 3.04. The summed E-state index contributed by atoms with van der Waals surface area (Å²) in [5.41, 5.74) is 0.890. The Morgan fingerprint density at radius 3 is 2.57 bits per heavy atom. The zero-order valence-corrected chi connectivity index (χ0v) is 13.3. The smallest absolute Gasteiger partial charge is 0.329 e. The molecule has 1 N–H and O–H groups in total. The highest BCUT2D eigenvalue weighted by atomic mass is 16.5. The van der Waals surface area contributed by atoms with Crippen LogP contribution in [0.25, 0.3) is 0 Å². The van der Waals surface area contributed by atoms with Crippen molar-refractivity contribution in [3.8, 4) is 0 Å². The first kappa shape index (κ1) is 16.0. The predicted octanol–water partition coefficient (Wildman–Crippen LogP) is 2.99. The highest BCUT2D eigenvalue weighted by Crippen LogP contribution is 2.23. The first-order valence-electron chi connectivity index (χ1n) is 7.99. The number of carbonyl (C=O) groups excluding carboxylic acids is 1. The van der Waals surface area contributed by atoms with Crippen molar-refractivity contribution in [2.75, 3.05) is 7.11 Å². The average molecular weight is 293 g/mol. The van der Waals surface area contributed by atoms with Gasteiger partial charge in [0.2, 0.25) is 0 Å². The van der Waals surface area contributed by atoms with Gasteiger partial charge in [0.25, 0.3) is 0 Å². The lowest BCUT2D eigenvalue weighted by Crippen LogP contribution is -2.38. The molecule has 0 bridgehead atoms. The Labute approximate surface area is 127 Å². The van der Waals surface area contributed by atoms with Crippen LogP contribution < -0.4 is 5.32 Å². The van der Waals surface area contributed by atoms with Crippen LogP contribution in [0.15, 0.2) is 12.5 Å². The topological polar surface area (TPSA) is 56.1 Å². The highest BCUT2D eigenvalue weighted by molar-refractivity contribution is 5.77. The number of aromatic nitrogens is 2. The number of rotatable bonds is 5. The number of ether oxygens (including phenoxy) is 1. The second-order valence-electron chi connectivity index (χ2n) is 6.13. The summed E-state index contributed by atoms with van der Waals surface area (Å²) in [7, 11) is 1.44. The monoisotopic (exact) mass is 293 g/mol. The van der Waals surface area contributed by atoms with E-state index in [-0.39, 0.29) is 12.0 Å². The Bertz CT molecular complexity index is 448. The predicted molar refractivity (Wildman–Crippen MR) is 82.0 cm³/mol. The second-order valence-corrected chi connectivity index (χ2v) is 6.13. The lowest BCUT2D eigenvalue weighted by molar-refractivity contribution is -0.143. The maximum atomic E-state index is 12.2. The molecule has 118 valence electrons. The van der Waals surface area contributed by atoms with Gasteiger partial charge in [0.15, 0.2) is 0 Å². The molecule has 1 aromatic rings. The van der Waals surface area contributed by atoms with Gasteiger partial charge in [-0.15, -0.1) is 0 Å². The van der Waals surface area contributed by atoms with Crippen molar-refractivity contribution in [2.24, 2.45) is 0 Å². The third kappa shape index (κ3) is 4.06. The molecule has 1 atom stereocenters. The van der Waals surface area contributed by atoms with Crippen molar-refractivity contribution in [3.63, 3.8) is 0 Å². The summed E-state index contributed by atoms with van der Waals surface area (Å²) in [5.74, 6) is -0.235. The molecular formula is C16H27N3O2. The molecule has 1 aliphatic carbocycles. The van der Waals surface area contributed by atoms with Gasteiger partial charge in [-0.1, -0.05) is 25.7 Å². The second kappa shape index (κ2) is 7.59. The third-order valence-corrected chi connectivity index (χ3v) is 4.24. The summed E-state index contributed by atoms with van der Waals surface area (Å²) in [6.45, 7) is 4.18. The molecule has 0 amide bonds. The number of imidazole rings is 1. The minimum atomic E-state index is -0.428.